The third-order valence-corrected chi connectivity index (χ3v) is 5.94. The molecule has 1 aliphatic rings. The van der Waals surface area contributed by atoms with Crippen molar-refractivity contribution in [3.63, 3.8) is 0 Å². The Morgan fingerprint density at radius 1 is 0.909 bits per heavy atom. The average molecular weight is 443 g/mol. The number of rotatable bonds is 8. The van der Waals surface area contributed by atoms with Crippen LogP contribution in [0.15, 0.2) is 72.8 Å². The molecule has 170 valence electrons. The number of benzene rings is 3. The number of hydrogen-bond acceptors (Lipinski definition) is 4. The van der Waals surface area contributed by atoms with E-state index in [4.69, 9.17) is 4.74 Å². The molecular formula is C28H30N2O3. The molecule has 0 radical (unpaired) electrons. The van der Waals surface area contributed by atoms with Gasteiger partial charge >= 0.3 is 5.97 Å². The summed E-state index contributed by atoms with van der Waals surface area (Å²) in [4.78, 5) is 27.1. The van der Waals surface area contributed by atoms with E-state index < -0.39 is 0 Å². The molecule has 0 saturated heterocycles. The molecule has 4 rings (SSSR count). The summed E-state index contributed by atoms with van der Waals surface area (Å²) < 4.78 is 5.21. The molecule has 3 aromatic rings. The van der Waals surface area contributed by atoms with Gasteiger partial charge in [0.05, 0.1) is 12.2 Å². The molecule has 1 N–H and O–H groups in total. The normalized spacial score (nSPS) is 13.2. The number of carbonyl (C=O) groups excluding carboxylic acids is 2. The lowest BCUT2D eigenvalue weighted by Gasteiger charge is -2.28. The van der Waals surface area contributed by atoms with Crippen LogP contribution in [-0.4, -0.2) is 29.9 Å². The van der Waals surface area contributed by atoms with Crippen LogP contribution >= 0.6 is 0 Å². The van der Waals surface area contributed by atoms with Crippen LogP contribution in [0.25, 0.3) is 0 Å². The zero-order valence-electron chi connectivity index (χ0n) is 19.0. The monoisotopic (exact) mass is 442 g/mol. The van der Waals surface area contributed by atoms with Crippen molar-refractivity contribution in [2.24, 2.45) is 0 Å². The zero-order valence-corrected chi connectivity index (χ0v) is 19.0. The molecule has 0 aromatic heterocycles. The highest BCUT2D eigenvalue weighted by Crippen LogP contribution is 2.20. The molecule has 5 nitrogen and oxygen atoms in total. The fraction of sp³-hybridized carbons (Fsp3) is 0.286. The number of amides is 1. The smallest absolute Gasteiger partial charge is 0.338 e. The van der Waals surface area contributed by atoms with E-state index in [0.717, 1.165) is 38.9 Å². The Bertz CT molecular complexity index is 1090. The first-order valence-corrected chi connectivity index (χ1v) is 11.6. The number of nitrogens with zero attached hydrogens (tertiary/aromatic N) is 1. The van der Waals surface area contributed by atoms with Gasteiger partial charge in [0.15, 0.2) is 0 Å². The number of esters is 1. The van der Waals surface area contributed by atoms with Gasteiger partial charge in [0.1, 0.15) is 0 Å². The van der Waals surface area contributed by atoms with Crippen molar-refractivity contribution in [1.82, 2.24) is 4.90 Å². The molecule has 0 spiro atoms. The number of nitrogens with one attached hydrogen (secondary N) is 1. The quantitative estimate of drug-likeness (QED) is 0.372. The molecule has 0 saturated carbocycles. The Balaban J connectivity index is 1.30. The fourth-order valence-electron chi connectivity index (χ4n) is 3.99. The summed E-state index contributed by atoms with van der Waals surface area (Å²) in [6, 6.07) is 23.2. The highest BCUT2D eigenvalue weighted by Gasteiger charge is 2.16. The van der Waals surface area contributed by atoms with Gasteiger partial charge in [0.25, 0.3) is 5.91 Å². The molecule has 0 bridgehead atoms. The van der Waals surface area contributed by atoms with Gasteiger partial charge in [-0.3, -0.25) is 9.69 Å². The van der Waals surface area contributed by atoms with E-state index in [2.05, 4.69) is 34.5 Å². The number of fused-ring (bicyclic) bond motifs is 1. The summed E-state index contributed by atoms with van der Waals surface area (Å²) in [6.45, 7) is 5.34. The first-order valence-electron chi connectivity index (χ1n) is 11.6. The molecule has 5 heteroatoms. The minimum absolute atomic E-state index is 0.174. The second kappa shape index (κ2) is 10.9. The molecule has 0 aliphatic carbocycles. The van der Waals surface area contributed by atoms with Gasteiger partial charge in [0.2, 0.25) is 0 Å². The Hall–Kier alpha value is -3.44. The maximum Gasteiger partial charge on any atom is 0.338 e. The van der Waals surface area contributed by atoms with Gasteiger partial charge in [-0.15, -0.1) is 0 Å². The average Bonchev–Trinajstić information content (AvgIpc) is 2.85. The second-order valence-electron chi connectivity index (χ2n) is 8.45. The van der Waals surface area contributed by atoms with E-state index in [0.29, 0.717) is 23.4 Å². The molecule has 0 fully saturated rings. The van der Waals surface area contributed by atoms with Gasteiger partial charge in [-0.05, 0) is 65.9 Å². The van der Waals surface area contributed by atoms with Crippen molar-refractivity contribution < 1.29 is 14.3 Å². The molecule has 1 amide bonds. The molecule has 0 atom stereocenters. The van der Waals surface area contributed by atoms with Gasteiger partial charge in [0, 0.05) is 30.9 Å². The third-order valence-electron chi connectivity index (χ3n) is 5.94. The van der Waals surface area contributed by atoms with Crippen LogP contribution in [0.2, 0.25) is 0 Å². The minimum Gasteiger partial charge on any atom is -0.462 e. The lowest BCUT2D eigenvalue weighted by molar-refractivity contribution is 0.0499. The number of ether oxygens (including phenoxy) is 1. The standard InChI is InChI=1S/C28H30N2O3/c1-2-3-18-33-28(32)24-12-14-26(15-13-24)29-27(31)23-10-8-21(9-11-23)19-30-17-16-22-6-4-5-7-25(22)20-30/h4-15H,2-3,16-20H2,1H3,(H,29,31). The predicted octanol–water partition coefficient (Wildman–Crippen LogP) is 5.45. The van der Waals surface area contributed by atoms with Gasteiger partial charge in [-0.1, -0.05) is 49.7 Å². The van der Waals surface area contributed by atoms with Gasteiger partial charge in [-0.25, -0.2) is 4.79 Å². The summed E-state index contributed by atoms with van der Waals surface area (Å²) in [5.41, 5.74) is 5.76. The largest absolute Gasteiger partial charge is 0.462 e. The van der Waals surface area contributed by atoms with Crippen molar-refractivity contribution in [2.75, 3.05) is 18.5 Å². The van der Waals surface area contributed by atoms with E-state index in [-0.39, 0.29) is 11.9 Å². The van der Waals surface area contributed by atoms with Crippen molar-refractivity contribution >= 4 is 17.6 Å². The first kappa shape index (κ1) is 22.7. The maximum atomic E-state index is 12.6. The molecule has 1 heterocycles. The second-order valence-corrected chi connectivity index (χ2v) is 8.45. The third kappa shape index (κ3) is 6.08. The summed E-state index contributed by atoms with van der Waals surface area (Å²) in [6.07, 6.45) is 2.91. The van der Waals surface area contributed by atoms with Crippen LogP contribution in [0.3, 0.4) is 0 Å². The van der Waals surface area contributed by atoms with Crippen LogP contribution in [0.1, 0.15) is 57.2 Å². The number of carbonyl (C=O) groups is 2. The highest BCUT2D eigenvalue weighted by atomic mass is 16.5. The SMILES string of the molecule is CCCCOC(=O)c1ccc(NC(=O)c2ccc(CN3CCc4ccccc4C3)cc2)cc1. The van der Waals surface area contributed by atoms with Crippen LogP contribution in [-0.2, 0) is 24.2 Å². The predicted molar refractivity (Wildman–Crippen MR) is 130 cm³/mol. The van der Waals surface area contributed by atoms with Crippen molar-refractivity contribution in [3.8, 4) is 0 Å². The Morgan fingerprint density at radius 2 is 1.61 bits per heavy atom. The lowest BCUT2D eigenvalue weighted by atomic mass is 9.99. The van der Waals surface area contributed by atoms with Crippen LogP contribution in [0, 0.1) is 0 Å². The molecule has 0 unspecified atom stereocenters. The van der Waals surface area contributed by atoms with E-state index >= 15 is 0 Å². The molecule has 1 aliphatic heterocycles. The molecule has 3 aromatic carbocycles. The summed E-state index contributed by atoms with van der Waals surface area (Å²) in [5, 5.41) is 2.89. The number of unbranched alkanes of at least 4 members (excludes halogenated alkanes) is 1. The van der Waals surface area contributed by atoms with E-state index in [1.807, 2.05) is 31.2 Å². The Labute approximate surface area is 195 Å². The topological polar surface area (TPSA) is 58.6 Å². The van der Waals surface area contributed by atoms with Crippen molar-refractivity contribution in [1.29, 1.82) is 0 Å². The van der Waals surface area contributed by atoms with Crippen molar-refractivity contribution in [3.05, 3.63) is 101 Å². The maximum absolute atomic E-state index is 12.6. The van der Waals surface area contributed by atoms with E-state index in [1.54, 1.807) is 24.3 Å². The Kier molecular flexibility index (Phi) is 7.53. The van der Waals surface area contributed by atoms with Gasteiger partial charge < -0.3 is 10.1 Å². The lowest BCUT2D eigenvalue weighted by Crippen LogP contribution is -2.29. The van der Waals surface area contributed by atoms with Crippen LogP contribution < -0.4 is 5.32 Å². The van der Waals surface area contributed by atoms with Crippen LogP contribution in [0.5, 0.6) is 0 Å². The zero-order chi connectivity index (χ0) is 23.0. The van der Waals surface area contributed by atoms with Crippen molar-refractivity contribution in [2.45, 2.75) is 39.3 Å². The summed E-state index contributed by atoms with van der Waals surface area (Å²) in [7, 11) is 0. The van der Waals surface area contributed by atoms with Gasteiger partial charge in [-0.2, -0.15) is 0 Å². The van der Waals surface area contributed by atoms with E-state index in [1.165, 1.54) is 16.7 Å². The number of hydrogen-bond donors (Lipinski definition) is 1. The Morgan fingerprint density at radius 3 is 2.33 bits per heavy atom. The first-order chi connectivity index (χ1) is 16.1. The van der Waals surface area contributed by atoms with Crippen LogP contribution in [0.4, 0.5) is 5.69 Å². The molecular weight excluding hydrogens is 412 g/mol. The minimum atomic E-state index is -0.339. The number of anilines is 1. The molecule has 33 heavy (non-hydrogen) atoms. The van der Waals surface area contributed by atoms with E-state index in [9.17, 15) is 9.59 Å². The summed E-state index contributed by atoms with van der Waals surface area (Å²) in [5.74, 6) is -0.513. The fourth-order valence-corrected chi connectivity index (χ4v) is 3.99. The highest BCUT2D eigenvalue weighted by molar-refractivity contribution is 6.04. The summed E-state index contributed by atoms with van der Waals surface area (Å²) >= 11 is 0.